The topological polar surface area (TPSA) is 76.7 Å². The second-order valence-electron chi connectivity index (χ2n) is 6.85. The summed E-state index contributed by atoms with van der Waals surface area (Å²) in [6, 6.07) is 12.8. The fraction of sp³-hybridized carbons (Fsp3) is 0.364. The number of aryl methyl sites for hydroxylation is 1. The van der Waals surface area contributed by atoms with Crippen molar-refractivity contribution in [2.45, 2.75) is 39.2 Å². The van der Waals surface area contributed by atoms with Gasteiger partial charge >= 0.3 is 0 Å². The van der Waals surface area contributed by atoms with Crippen molar-refractivity contribution in [3.8, 4) is 11.5 Å². The summed E-state index contributed by atoms with van der Waals surface area (Å²) in [4.78, 5) is 24.9. The molecular formula is C22H26N2O4. The van der Waals surface area contributed by atoms with Crippen molar-refractivity contribution in [1.29, 1.82) is 0 Å². The van der Waals surface area contributed by atoms with Gasteiger partial charge in [0, 0.05) is 12.5 Å². The number of para-hydroxylation sites is 1. The highest BCUT2D eigenvalue weighted by Crippen LogP contribution is 2.31. The van der Waals surface area contributed by atoms with Crippen molar-refractivity contribution in [3.63, 3.8) is 0 Å². The van der Waals surface area contributed by atoms with Crippen LogP contribution in [0, 0.1) is 0 Å². The minimum Gasteiger partial charge on any atom is -0.486 e. The lowest BCUT2D eigenvalue weighted by Gasteiger charge is -2.18. The quantitative estimate of drug-likeness (QED) is 0.768. The molecule has 1 aliphatic heterocycles. The predicted molar refractivity (Wildman–Crippen MR) is 108 cm³/mol. The van der Waals surface area contributed by atoms with Crippen LogP contribution in [0.1, 0.15) is 42.6 Å². The maximum atomic E-state index is 12.4. The number of carbonyl (C=O) groups is 2. The van der Waals surface area contributed by atoms with E-state index < -0.39 is 0 Å². The normalized spacial score (nSPS) is 13.5. The molecule has 2 aromatic carbocycles. The van der Waals surface area contributed by atoms with Crippen LogP contribution in [0.2, 0.25) is 0 Å². The molecule has 1 heterocycles. The third kappa shape index (κ3) is 5.03. The predicted octanol–water partition coefficient (Wildman–Crippen LogP) is 3.56. The van der Waals surface area contributed by atoms with E-state index in [4.69, 9.17) is 9.47 Å². The Morgan fingerprint density at radius 1 is 1.07 bits per heavy atom. The molecule has 0 bridgehead atoms. The van der Waals surface area contributed by atoms with Gasteiger partial charge in [-0.2, -0.15) is 0 Å². The molecule has 2 amide bonds. The first kappa shape index (κ1) is 19.7. The Hall–Kier alpha value is -3.02. The molecule has 28 heavy (non-hydrogen) atoms. The minimum absolute atomic E-state index is 0.0754. The van der Waals surface area contributed by atoms with E-state index in [2.05, 4.69) is 10.6 Å². The summed E-state index contributed by atoms with van der Waals surface area (Å²) in [5.41, 5.74) is 1.99. The summed E-state index contributed by atoms with van der Waals surface area (Å²) in [5.74, 6) is 1.13. The molecule has 6 heteroatoms. The molecule has 0 spiro atoms. The third-order valence-electron chi connectivity index (χ3n) is 4.68. The van der Waals surface area contributed by atoms with Gasteiger partial charge in [0.15, 0.2) is 11.5 Å². The van der Waals surface area contributed by atoms with E-state index in [1.807, 2.05) is 32.0 Å². The van der Waals surface area contributed by atoms with Crippen molar-refractivity contribution in [2.24, 2.45) is 0 Å². The Kier molecular flexibility index (Phi) is 6.53. The van der Waals surface area contributed by atoms with Crippen molar-refractivity contribution in [1.82, 2.24) is 5.32 Å². The zero-order valence-electron chi connectivity index (χ0n) is 16.3. The Labute approximate surface area is 165 Å². The fourth-order valence-corrected chi connectivity index (χ4v) is 2.91. The average molecular weight is 382 g/mol. The molecular weight excluding hydrogens is 356 g/mol. The fourth-order valence-electron chi connectivity index (χ4n) is 2.91. The number of carbonyl (C=O) groups excluding carboxylic acids is 2. The van der Waals surface area contributed by atoms with Crippen molar-refractivity contribution in [2.75, 3.05) is 18.5 Å². The standard InChI is InChI=1S/C22H26N2O4/c1-3-15(2)23-22(26)17-6-4-5-7-18(17)24-21(25)11-9-16-8-10-19-20(14-16)28-13-12-27-19/h4-8,10,14-15H,3,9,11-13H2,1-2H3,(H,23,26)(H,24,25). The number of rotatable bonds is 7. The van der Waals surface area contributed by atoms with Gasteiger partial charge in [-0.3, -0.25) is 9.59 Å². The second kappa shape index (κ2) is 9.26. The summed E-state index contributed by atoms with van der Waals surface area (Å²) in [6.07, 6.45) is 1.72. The van der Waals surface area contributed by atoms with E-state index in [0.717, 1.165) is 23.5 Å². The maximum absolute atomic E-state index is 12.4. The maximum Gasteiger partial charge on any atom is 0.253 e. The lowest BCUT2D eigenvalue weighted by Crippen LogP contribution is -2.32. The van der Waals surface area contributed by atoms with E-state index in [9.17, 15) is 9.59 Å². The molecule has 3 rings (SSSR count). The summed E-state index contributed by atoms with van der Waals surface area (Å²) in [5, 5.41) is 5.79. The number of nitrogens with one attached hydrogen (secondary N) is 2. The summed E-state index contributed by atoms with van der Waals surface area (Å²) in [6.45, 7) is 5.05. The van der Waals surface area contributed by atoms with Crippen LogP contribution in [0.25, 0.3) is 0 Å². The Morgan fingerprint density at radius 3 is 2.61 bits per heavy atom. The van der Waals surface area contributed by atoms with Crippen LogP contribution in [-0.4, -0.2) is 31.1 Å². The van der Waals surface area contributed by atoms with Crippen LogP contribution in [0.3, 0.4) is 0 Å². The largest absolute Gasteiger partial charge is 0.486 e. The molecule has 2 aromatic rings. The first-order chi connectivity index (χ1) is 13.6. The molecule has 0 radical (unpaired) electrons. The van der Waals surface area contributed by atoms with E-state index in [-0.39, 0.29) is 17.9 Å². The molecule has 0 saturated heterocycles. The number of hydrogen-bond donors (Lipinski definition) is 2. The summed E-state index contributed by atoms with van der Waals surface area (Å²) in [7, 11) is 0. The van der Waals surface area contributed by atoms with Crippen molar-refractivity contribution in [3.05, 3.63) is 53.6 Å². The number of fused-ring (bicyclic) bond motifs is 1. The molecule has 6 nitrogen and oxygen atoms in total. The molecule has 0 fully saturated rings. The molecule has 0 aromatic heterocycles. The Morgan fingerprint density at radius 2 is 1.82 bits per heavy atom. The minimum atomic E-state index is -0.183. The lowest BCUT2D eigenvalue weighted by molar-refractivity contribution is -0.116. The number of benzene rings is 2. The van der Waals surface area contributed by atoms with Crippen LogP contribution in [-0.2, 0) is 11.2 Å². The van der Waals surface area contributed by atoms with Crippen LogP contribution in [0.4, 0.5) is 5.69 Å². The number of anilines is 1. The Bertz CT molecular complexity index is 850. The highest BCUT2D eigenvalue weighted by Gasteiger charge is 2.15. The van der Waals surface area contributed by atoms with E-state index in [1.54, 1.807) is 24.3 Å². The zero-order chi connectivity index (χ0) is 19.9. The van der Waals surface area contributed by atoms with E-state index in [1.165, 1.54) is 0 Å². The highest BCUT2D eigenvalue weighted by molar-refractivity contribution is 6.03. The molecule has 1 atom stereocenters. The number of ether oxygens (including phenoxy) is 2. The number of amides is 2. The first-order valence-corrected chi connectivity index (χ1v) is 9.65. The zero-order valence-corrected chi connectivity index (χ0v) is 16.3. The van der Waals surface area contributed by atoms with Crippen molar-refractivity contribution >= 4 is 17.5 Å². The molecule has 1 aliphatic rings. The van der Waals surface area contributed by atoms with Gasteiger partial charge in [-0.05, 0) is 49.6 Å². The smallest absolute Gasteiger partial charge is 0.253 e. The van der Waals surface area contributed by atoms with Gasteiger partial charge in [0.25, 0.3) is 5.91 Å². The molecule has 1 unspecified atom stereocenters. The second-order valence-corrected chi connectivity index (χ2v) is 6.85. The van der Waals surface area contributed by atoms with Gasteiger partial charge in [0.1, 0.15) is 13.2 Å². The van der Waals surface area contributed by atoms with Crippen LogP contribution >= 0.6 is 0 Å². The molecule has 2 N–H and O–H groups in total. The summed E-state index contributed by atoms with van der Waals surface area (Å²) >= 11 is 0. The SMILES string of the molecule is CCC(C)NC(=O)c1ccccc1NC(=O)CCc1ccc2c(c1)OCCO2. The molecule has 0 saturated carbocycles. The van der Waals surface area contributed by atoms with E-state index in [0.29, 0.717) is 37.3 Å². The first-order valence-electron chi connectivity index (χ1n) is 9.65. The van der Waals surface area contributed by atoms with Crippen LogP contribution in [0.15, 0.2) is 42.5 Å². The molecule has 148 valence electrons. The third-order valence-corrected chi connectivity index (χ3v) is 4.68. The van der Waals surface area contributed by atoms with Crippen LogP contribution in [0.5, 0.6) is 11.5 Å². The summed E-state index contributed by atoms with van der Waals surface area (Å²) < 4.78 is 11.1. The van der Waals surface area contributed by atoms with E-state index >= 15 is 0 Å². The monoisotopic (exact) mass is 382 g/mol. The van der Waals surface area contributed by atoms with Gasteiger partial charge in [-0.15, -0.1) is 0 Å². The Balaban J connectivity index is 1.60. The van der Waals surface area contributed by atoms with Gasteiger partial charge in [0.2, 0.25) is 5.91 Å². The van der Waals surface area contributed by atoms with Crippen LogP contribution < -0.4 is 20.1 Å². The van der Waals surface area contributed by atoms with Crippen molar-refractivity contribution < 1.29 is 19.1 Å². The lowest BCUT2D eigenvalue weighted by atomic mass is 10.1. The number of hydrogen-bond acceptors (Lipinski definition) is 4. The van der Waals surface area contributed by atoms with Gasteiger partial charge in [-0.25, -0.2) is 0 Å². The van der Waals surface area contributed by atoms with Gasteiger partial charge < -0.3 is 20.1 Å². The van der Waals surface area contributed by atoms with Gasteiger partial charge in [-0.1, -0.05) is 25.1 Å². The highest BCUT2D eigenvalue weighted by atomic mass is 16.6. The molecule has 0 aliphatic carbocycles. The van der Waals surface area contributed by atoms with Gasteiger partial charge in [0.05, 0.1) is 11.3 Å². The average Bonchev–Trinajstić information content (AvgIpc) is 2.72.